The van der Waals surface area contributed by atoms with Crippen LogP contribution in [0.15, 0.2) is 12.2 Å². The Morgan fingerprint density at radius 1 is 1.75 bits per heavy atom. The van der Waals surface area contributed by atoms with Gasteiger partial charge in [-0.1, -0.05) is 12.2 Å². The lowest BCUT2D eigenvalue weighted by molar-refractivity contribution is -0.120. The number of rotatable bonds is 2. The number of hydrogen-bond donors (Lipinski definition) is 1. The molecule has 8 heavy (non-hydrogen) atoms. The van der Waals surface area contributed by atoms with Gasteiger partial charge in [0.05, 0.1) is 5.92 Å². The van der Waals surface area contributed by atoms with E-state index >= 15 is 0 Å². The monoisotopic (exact) mass is 113 g/mol. The maximum Gasteiger partial charge on any atom is 0.224 e. The fourth-order valence-electron chi connectivity index (χ4n) is 0.243. The maximum atomic E-state index is 10.3. The predicted octanol–water partition coefficient (Wildman–Crippen LogP) is 0.684. The summed E-state index contributed by atoms with van der Waals surface area (Å²) in [6.45, 7) is 7.10. The van der Waals surface area contributed by atoms with Crippen LogP contribution < -0.4 is 5.73 Å². The highest BCUT2D eigenvalue weighted by Crippen LogP contribution is 2.03. The summed E-state index contributed by atoms with van der Waals surface area (Å²) in [7, 11) is 0. The Labute approximate surface area is 49.4 Å². The van der Waals surface area contributed by atoms with Crippen LogP contribution >= 0.6 is 0 Å². The van der Waals surface area contributed by atoms with Gasteiger partial charge in [0.25, 0.3) is 0 Å². The van der Waals surface area contributed by atoms with Crippen molar-refractivity contribution in [2.24, 2.45) is 11.7 Å². The van der Waals surface area contributed by atoms with E-state index in [4.69, 9.17) is 5.73 Å². The smallest absolute Gasteiger partial charge is 0.224 e. The zero-order valence-corrected chi connectivity index (χ0v) is 5.27. The molecular formula is C6H11NO. The van der Waals surface area contributed by atoms with Crippen LogP contribution in [-0.2, 0) is 4.79 Å². The lowest BCUT2D eigenvalue weighted by Gasteiger charge is -2.02. The number of hydrogen-bond acceptors (Lipinski definition) is 1. The van der Waals surface area contributed by atoms with Crippen molar-refractivity contribution in [3.8, 4) is 0 Å². The van der Waals surface area contributed by atoms with Gasteiger partial charge in [-0.05, 0) is 13.8 Å². The molecule has 0 aromatic heterocycles. The van der Waals surface area contributed by atoms with Gasteiger partial charge < -0.3 is 5.73 Å². The molecule has 2 N–H and O–H groups in total. The summed E-state index contributed by atoms with van der Waals surface area (Å²) in [6, 6.07) is 0. The van der Waals surface area contributed by atoms with Gasteiger partial charge in [0.15, 0.2) is 0 Å². The van der Waals surface area contributed by atoms with E-state index in [0.29, 0.717) is 0 Å². The van der Waals surface area contributed by atoms with E-state index in [1.54, 1.807) is 13.8 Å². The first-order valence-corrected chi connectivity index (χ1v) is 2.50. The molecule has 0 fully saturated rings. The second-order valence-electron chi connectivity index (χ2n) is 1.97. The summed E-state index contributed by atoms with van der Waals surface area (Å²) in [4.78, 5) is 10.3. The lowest BCUT2D eigenvalue weighted by Crippen LogP contribution is -2.20. The third kappa shape index (κ3) is 1.78. The SMILES string of the molecule is C=C(C)[C@H](C)C(N)=O. The highest BCUT2D eigenvalue weighted by Gasteiger charge is 2.06. The molecule has 0 aliphatic rings. The molecule has 0 aliphatic heterocycles. The zero-order valence-electron chi connectivity index (χ0n) is 5.27. The second kappa shape index (κ2) is 2.50. The van der Waals surface area contributed by atoms with Crippen molar-refractivity contribution >= 4 is 5.91 Å². The number of primary amides is 1. The summed E-state index contributed by atoms with van der Waals surface area (Å²) in [5.74, 6) is -0.493. The minimum atomic E-state index is -0.308. The van der Waals surface area contributed by atoms with Crippen molar-refractivity contribution in [2.45, 2.75) is 13.8 Å². The molecule has 0 aromatic rings. The molecule has 1 amide bonds. The van der Waals surface area contributed by atoms with Gasteiger partial charge in [-0.2, -0.15) is 0 Å². The number of carbonyl (C=O) groups excluding carboxylic acids is 1. The number of nitrogens with two attached hydrogens (primary N) is 1. The van der Waals surface area contributed by atoms with Gasteiger partial charge >= 0.3 is 0 Å². The molecule has 0 unspecified atom stereocenters. The quantitative estimate of drug-likeness (QED) is 0.526. The molecule has 46 valence electrons. The molecule has 0 bridgehead atoms. The summed E-state index contributed by atoms with van der Waals surface area (Å²) in [5, 5.41) is 0. The Hall–Kier alpha value is -0.790. The van der Waals surface area contributed by atoms with E-state index in [1.165, 1.54) is 0 Å². The van der Waals surface area contributed by atoms with Crippen LogP contribution in [0.1, 0.15) is 13.8 Å². The predicted molar refractivity (Wildman–Crippen MR) is 33.2 cm³/mol. The molecule has 0 rings (SSSR count). The van der Waals surface area contributed by atoms with Crippen LogP contribution in [0, 0.1) is 5.92 Å². The average Bonchev–Trinajstić information content (AvgIpc) is 1.64. The lowest BCUT2D eigenvalue weighted by atomic mass is 10.1. The van der Waals surface area contributed by atoms with E-state index in [2.05, 4.69) is 6.58 Å². The Kier molecular flexibility index (Phi) is 2.25. The van der Waals surface area contributed by atoms with Crippen LogP contribution in [0.25, 0.3) is 0 Å². The minimum absolute atomic E-state index is 0.185. The standard InChI is InChI=1S/C6H11NO/c1-4(2)5(3)6(7)8/h5H,1H2,2-3H3,(H2,7,8)/t5-/m0/s1. The third-order valence-corrected chi connectivity index (χ3v) is 1.17. The van der Waals surface area contributed by atoms with Crippen LogP contribution in [0.3, 0.4) is 0 Å². The molecule has 0 aromatic carbocycles. The molecule has 2 heteroatoms. The van der Waals surface area contributed by atoms with Crippen molar-refractivity contribution < 1.29 is 4.79 Å². The fourth-order valence-corrected chi connectivity index (χ4v) is 0.243. The van der Waals surface area contributed by atoms with Gasteiger partial charge in [-0.3, -0.25) is 4.79 Å². The van der Waals surface area contributed by atoms with E-state index in [9.17, 15) is 4.79 Å². The number of amides is 1. The molecule has 1 atom stereocenters. The number of carbonyl (C=O) groups is 1. The van der Waals surface area contributed by atoms with Crippen molar-refractivity contribution in [3.05, 3.63) is 12.2 Å². The summed E-state index contributed by atoms with van der Waals surface area (Å²) in [6.07, 6.45) is 0. The van der Waals surface area contributed by atoms with Gasteiger partial charge in [-0.15, -0.1) is 0 Å². The van der Waals surface area contributed by atoms with Crippen LogP contribution in [0.2, 0.25) is 0 Å². The van der Waals surface area contributed by atoms with Crippen molar-refractivity contribution in [3.63, 3.8) is 0 Å². The Morgan fingerprint density at radius 2 is 2.12 bits per heavy atom. The fraction of sp³-hybridized carbons (Fsp3) is 0.500. The molecule has 0 saturated heterocycles. The zero-order chi connectivity index (χ0) is 6.73. The third-order valence-electron chi connectivity index (χ3n) is 1.17. The maximum absolute atomic E-state index is 10.3. The Bertz CT molecular complexity index is 104. The molecule has 2 nitrogen and oxygen atoms in total. The van der Waals surface area contributed by atoms with E-state index in [0.717, 1.165) is 5.57 Å². The molecule has 0 saturated carbocycles. The Balaban J connectivity index is 3.83. The topological polar surface area (TPSA) is 43.1 Å². The highest BCUT2D eigenvalue weighted by molar-refractivity contribution is 5.78. The van der Waals surface area contributed by atoms with E-state index in [-0.39, 0.29) is 11.8 Å². The van der Waals surface area contributed by atoms with Gasteiger partial charge in [0, 0.05) is 0 Å². The molecule has 0 spiro atoms. The normalized spacial score (nSPS) is 12.8. The van der Waals surface area contributed by atoms with E-state index < -0.39 is 0 Å². The molecule has 0 heterocycles. The Morgan fingerprint density at radius 3 is 2.12 bits per heavy atom. The summed E-state index contributed by atoms with van der Waals surface area (Å²) in [5.41, 5.74) is 5.75. The molecular weight excluding hydrogens is 102 g/mol. The van der Waals surface area contributed by atoms with Gasteiger partial charge in [0.1, 0.15) is 0 Å². The first-order chi connectivity index (χ1) is 3.55. The molecule has 0 radical (unpaired) electrons. The van der Waals surface area contributed by atoms with Gasteiger partial charge in [0.2, 0.25) is 5.91 Å². The summed E-state index contributed by atoms with van der Waals surface area (Å²) < 4.78 is 0. The highest BCUT2D eigenvalue weighted by atomic mass is 16.1. The first kappa shape index (κ1) is 7.21. The van der Waals surface area contributed by atoms with Gasteiger partial charge in [-0.25, -0.2) is 0 Å². The van der Waals surface area contributed by atoms with E-state index in [1.807, 2.05) is 0 Å². The van der Waals surface area contributed by atoms with Crippen LogP contribution in [0.5, 0.6) is 0 Å². The largest absolute Gasteiger partial charge is 0.369 e. The first-order valence-electron chi connectivity index (χ1n) is 2.50. The van der Waals surface area contributed by atoms with Crippen molar-refractivity contribution in [2.75, 3.05) is 0 Å². The summed E-state index contributed by atoms with van der Waals surface area (Å²) >= 11 is 0. The van der Waals surface area contributed by atoms with Crippen molar-refractivity contribution in [1.29, 1.82) is 0 Å². The van der Waals surface area contributed by atoms with Crippen molar-refractivity contribution in [1.82, 2.24) is 0 Å². The minimum Gasteiger partial charge on any atom is -0.369 e. The second-order valence-corrected chi connectivity index (χ2v) is 1.97. The average molecular weight is 113 g/mol. The molecule has 0 aliphatic carbocycles. The van der Waals surface area contributed by atoms with Crippen LogP contribution in [-0.4, -0.2) is 5.91 Å². The van der Waals surface area contributed by atoms with Crippen LogP contribution in [0.4, 0.5) is 0 Å².